The molecule has 39 heavy (non-hydrogen) atoms. The SMILES string of the molecule is COc1ccc(CN2C(=O)NC3(CCN(CC[C@H](NC(=O)c4cccnc4)c4ccccc4)CC3)C2=O)cc1. The second-order valence-corrected chi connectivity index (χ2v) is 10.1. The molecule has 1 spiro atoms. The molecule has 4 amide bonds. The van der Waals surface area contributed by atoms with Gasteiger partial charge in [-0.05, 0) is 54.7 Å². The maximum Gasteiger partial charge on any atom is 0.325 e. The molecule has 1 atom stereocenters. The topological polar surface area (TPSA) is 104 Å². The number of ether oxygens (including phenoxy) is 1. The van der Waals surface area contributed by atoms with Gasteiger partial charge in [0, 0.05) is 32.0 Å². The number of likely N-dealkylation sites (tertiary alicyclic amines) is 1. The third-order valence-electron chi connectivity index (χ3n) is 7.62. The molecule has 2 aliphatic rings. The first kappa shape index (κ1) is 26.4. The normalized spacial score (nSPS) is 17.6. The highest BCUT2D eigenvalue weighted by atomic mass is 16.5. The molecular weight excluding hydrogens is 494 g/mol. The van der Waals surface area contributed by atoms with Crippen molar-refractivity contribution in [3.05, 3.63) is 95.8 Å². The van der Waals surface area contributed by atoms with Crippen molar-refractivity contribution in [2.45, 2.75) is 37.4 Å². The molecule has 2 aromatic carbocycles. The van der Waals surface area contributed by atoms with Crippen LogP contribution in [0.25, 0.3) is 0 Å². The fourth-order valence-corrected chi connectivity index (χ4v) is 5.29. The van der Waals surface area contributed by atoms with Crippen molar-refractivity contribution < 1.29 is 19.1 Å². The number of nitrogens with zero attached hydrogens (tertiary/aromatic N) is 3. The van der Waals surface area contributed by atoms with Crippen LogP contribution in [-0.2, 0) is 11.3 Å². The number of imide groups is 1. The summed E-state index contributed by atoms with van der Waals surface area (Å²) in [6.45, 7) is 2.34. The zero-order chi connectivity index (χ0) is 27.2. The average molecular weight is 528 g/mol. The minimum atomic E-state index is -0.854. The zero-order valence-corrected chi connectivity index (χ0v) is 22.0. The van der Waals surface area contributed by atoms with E-state index >= 15 is 0 Å². The minimum Gasteiger partial charge on any atom is -0.497 e. The van der Waals surface area contributed by atoms with E-state index in [0.29, 0.717) is 37.9 Å². The van der Waals surface area contributed by atoms with E-state index in [1.54, 1.807) is 31.6 Å². The Kier molecular flexibility index (Phi) is 7.88. The maximum atomic E-state index is 13.4. The first-order chi connectivity index (χ1) is 19.0. The number of rotatable bonds is 9. The van der Waals surface area contributed by atoms with Gasteiger partial charge in [0.1, 0.15) is 11.3 Å². The zero-order valence-electron chi connectivity index (χ0n) is 22.0. The van der Waals surface area contributed by atoms with Crippen molar-refractivity contribution >= 4 is 17.8 Å². The summed E-state index contributed by atoms with van der Waals surface area (Å²) in [5.74, 6) is 0.408. The number of amides is 4. The summed E-state index contributed by atoms with van der Waals surface area (Å²) in [5.41, 5.74) is 1.57. The number of methoxy groups -OCH3 is 1. The lowest BCUT2D eigenvalue weighted by atomic mass is 9.87. The number of benzene rings is 2. The van der Waals surface area contributed by atoms with Crippen molar-refractivity contribution in [1.29, 1.82) is 0 Å². The van der Waals surface area contributed by atoms with Crippen LogP contribution in [0.3, 0.4) is 0 Å². The molecule has 9 heteroatoms. The fraction of sp³-hybridized carbons (Fsp3) is 0.333. The molecule has 9 nitrogen and oxygen atoms in total. The molecule has 2 N–H and O–H groups in total. The van der Waals surface area contributed by atoms with E-state index in [1.807, 2.05) is 54.6 Å². The van der Waals surface area contributed by atoms with Crippen molar-refractivity contribution in [1.82, 2.24) is 25.4 Å². The lowest BCUT2D eigenvalue weighted by Crippen LogP contribution is -2.55. The molecule has 2 aliphatic heterocycles. The van der Waals surface area contributed by atoms with Gasteiger partial charge in [-0.1, -0.05) is 42.5 Å². The van der Waals surface area contributed by atoms with Crippen LogP contribution in [-0.4, -0.2) is 64.9 Å². The molecule has 3 heterocycles. The number of aromatic nitrogens is 1. The number of pyridine rings is 1. The summed E-state index contributed by atoms with van der Waals surface area (Å²) in [6.07, 6.45) is 5.02. The third kappa shape index (κ3) is 5.93. The monoisotopic (exact) mass is 527 g/mol. The number of nitrogens with one attached hydrogen (secondary N) is 2. The highest BCUT2D eigenvalue weighted by Crippen LogP contribution is 2.31. The molecule has 202 valence electrons. The van der Waals surface area contributed by atoms with Crippen LogP contribution < -0.4 is 15.4 Å². The number of urea groups is 1. The Labute approximate surface area is 228 Å². The van der Waals surface area contributed by atoms with E-state index in [-0.39, 0.29) is 30.4 Å². The van der Waals surface area contributed by atoms with Gasteiger partial charge in [0.25, 0.3) is 11.8 Å². The van der Waals surface area contributed by atoms with Crippen molar-refractivity contribution in [3.63, 3.8) is 0 Å². The van der Waals surface area contributed by atoms with Crippen LogP contribution in [0.5, 0.6) is 5.75 Å². The van der Waals surface area contributed by atoms with Crippen LogP contribution >= 0.6 is 0 Å². The summed E-state index contributed by atoms with van der Waals surface area (Å²) >= 11 is 0. The van der Waals surface area contributed by atoms with Crippen molar-refractivity contribution in [2.24, 2.45) is 0 Å². The smallest absolute Gasteiger partial charge is 0.325 e. The molecule has 5 rings (SSSR count). The van der Waals surface area contributed by atoms with E-state index < -0.39 is 5.54 Å². The van der Waals surface area contributed by atoms with E-state index in [1.165, 1.54) is 4.90 Å². The maximum absolute atomic E-state index is 13.4. The van der Waals surface area contributed by atoms with Gasteiger partial charge in [0.2, 0.25) is 0 Å². The van der Waals surface area contributed by atoms with Gasteiger partial charge < -0.3 is 20.3 Å². The highest BCUT2D eigenvalue weighted by Gasteiger charge is 2.52. The fourth-order valence-electron chi connectivity index (χ4n) is 5.29. The molecule has 0 saturated carbocycles. The van der Waals surface area contributed by atoms with Crippen LogP contribution in [0.2, 0.25) is 0 Å². The number of piperidine rings is 1. The van der Waals surface area contributed by atoms with Gasteiger partial charge in [0.05, 0.1) is 25.3 Å². The summed E-state index contributed by atoms with van der Waals surface area (Å²) in [4.78, 5) is 46.7. The Bertz CT molecular complexity index is 1290. The first-order valence-corrected chi connectivity index (χ1v) is 13.2. The number of hydrogen-bond donors (Lipinski definition) is 2. The van der Waals surface area contributed by atoms with Crippen LogP contribution in [0.4, 0.5) is 4.79 Å². The summed E-state index contributed by atoms with van der Waals surface area (Å²) in [5, 5.41) is 6.15. The first-order valence-electron chi connectivity index (χ1n) is 13.2. The Hall–Kier alpha value is -4.24. The van der Waals surface area contributed by atoms with Crippen molar-refractivity contribution in [3.8, 4) is 5.75 Å². The van der Waals surface area contributed by atoms with Crippen LogP contribution in [0.15, 0.2) is 79.1 Å². The Morgan fingerprint density at radius 1 is 1.05 bits per heavy atom. The van der Waals surface area contributed by atoms with E-state index in [4.69, 9.17) is 4.74 Å². The average Bonchev–Trinajstić information content (AvgIpc) is 3.21. The van der Waals surface area contributed by atoms with E-state index in [2.05, 4.69) is 20.5 Å². The molecule has 0 radical (unpaired) electrons. The van der Waals surface area contributed by atoms with Gasteiger partial charge in [-0.3, -0.25) is 19.5 Å². The lowest BCUT2D eigenvalue weighted by molar-refractivity contribution is -0.133. The lowest BCUT2D eigenvalue weighted by Gasteiger charge is -2.37. The molecule has 2 saturated heterocycles. The van der Waals surface area contributed by atoms with Crippen molar-refractivity contribution in [2.75, 3.05) is 26.7 Å². The van der Waals surface area contributed by atoms with Gasteiger partial charge in [-0.15, -0.1) is 0 Å². The van der Waals surface area contributed by atoms with E-state index in [9.17, 15) is 14.4 Å². The molecule has 2 fully saturated rings. The molecule has 0 unspecified atom stereocenters. The second kappa shape index (κ2) is 11.7. The quantitative estimate of drug-likeness (QED) is 0.413. The van der Waals surface area contributed by atoms with Crippen LogP contribution in [0, 0.1) is 0 Å². The van der Waals surface area contributed by atoms with Gasteiger partial charge in [-0.25, -0.2) is 4.79 Å². The second-order valence-electron chi connectivity index (χ2n) is 10.1. The number of hydrogen-bond acceptors (Lipinski definition) is 6. The molecule has 0 bridgehead atoms. The summed E-state index contributed by atoms with van der Waals surface area (Å²) < 4.78 is 5.19. The van der Waals surface area contributed by atoms with Gasteiger partial charge >= 0.3 is 6.03 Å². The number of carbonyl (C=O) groups is 3. The molecule has 0 aliphatic carbocycles. The summed E-state index contributed by atoms with van der Waals surface area (Å²) in [7, 11) is 1.60. The predicted octanol–water partition coefficient (Wildman–Crippen LogP) is 3.54. The standard InChI is InChI=1S/C30H33N5O4/c1-39-25-11-9-22(10-12-25)21-35-28(37)30(33-29(35)38)14-18-34(19-15-30)17-13-26(23-6-3-2-4-7-23)32-27(36)24-8-5-16-31-20-24/h2-12,16,20,26H,13-15,17-19,21H2,1H3,(H,32,36)(H,33,38)/t26-/m0/s1. The Balaban J connectivity index is 1.18. The highest BCUT2D eigenvalue weighted by molar-refractivity contribution is 6.07. The Morgan fingerprint density at radius 3 is 2.46 bits per heavy atom. The third-order valence-corrected chi connectivity index (χ3v) is 7.62. The minimum absolute atomic E-state index is 0.158. The van der Waals surface area contributed by atoms with Gasteiger partial charge in [-0.2, -0.15) is 0 Å². The number of carbonyl (C=O) groups excluding carboxylic acids is 3. The molecule has 3 aromatic rings. The largest absolute Gasteiger partial charge is 0.497 e. The van der Waals surface area contributed by atoms with Crippen LogP contribution in [0.1, 0.15) is 46.8 Å². The molecular formula is C30H33N5O4. The Morgan fingerprint density at radius 2 is 1.79 bits per heavy atom. The van der Waals surface area contributed by atoms with E-state index in [0.717, 1.165) is 23.4 Å². The van der Waals surface area contributed by atoms with Gasteiger partial charge in [0.15, 0.2) is 0 Å². The predicted molar refractivity (Wildman–Crippen MR) is 146 cm³/mol. The molecule has 1 aromatic heterocycles. The summed E-state index contributed by atoms with van der Waals surface area (Å²) in [6, 6.07) is 20.3.